The van der Waals surface area contributed by atoms with Gasteiger partial charge in [0.1, 0.15) is 11.5 Å². The van der Waals surface area contributed by atoms with Crippen LogP contribution in [0.25, 0.3) is 21.8 Å². The number of phenolic OH excluding ortho intramolecular Hbond substituents is 2. The van der Waals surface area contributed by atoms with Crippen LogP contribution < -0.4 is 21.0 Å². The summed E-state index contributed by atoms with van der Waals surface area (Å²) in [5.74, 6) is -0.329. The van der Waals surface area contributed by atoms with Gasteiger partial charge in [0, 0.05) is 56.4 Å². The molecule has 2 heterocycles. The summed E-state index contributed by atoms with van der Waals surface area (Å²) in [7, 11) is 1.82. The van der Waals surface area contributed by atoms with Gasteiger partial charge in [0.25, 0.3) is 0 Å². The van der Waals surface area contributed by atoms with Crippen molar-refractivity contribution in [1.82, 2.24) is 4.57 Å². The first-order valence-corrected chi connectivity index (χ1v) is 10.3. The van der Waals surface area contributed by atoms with E-state index in [9.17, 15) is 15.0 Å². The van der Waals surface area contributed by atoms with E-state index in [-0.39, 0.29) is 22.3 Å². The lowest BCUT2D eigenvalue weighted by Gasteiger charge is -2.38. The molecule has 7 nitrogen and oxygen atoms in total. The Morgan fingerprint density at radius 1 is 0.871 bits per heavy atom. The third-order valence-corrected chi connectivity index (χ3v) is 6.16. The second-order valence-electron chi connectivity index (χ2n) is 7.98. The normalized spacial score (nSPS) is 14.5. The number of para-hydroxylation sites is 1. The van der Waals surface area contributed by atoms with Crippen molar-refractivity contribution in [2.75, 3.05) is 41.7 Å². The molecule has 0 spiro atoms. The summed E-state index contributed by atoms with van der Waals surface area (Å²) in [4.78, 5) is 17.7. The Balaban J connectivity index is 1.56. The molecule has 0 radical (unpaired) electrons. The molecule has 1 aliphatic rings. The van der Waals surface area contributed by atoms with Crippen LogP contribution in [0.5, 0.6) is 11.5 Å². The van der Waals surface area contributed by atoms with Crippen molar-refractivity contribution in [3.63, 3.8) is 0 Å². The minimum atomic E-state index is -0.298. The summed E-state index contributed by atoms with van der Waals surface area (Å²) in [6, 6.07) is 16.6. The van der Waals surface area contributed by atoms with Crippen LogP contribution in [0.4, 0.5) is 17.1 Å². The second-order valence-corrected chi connectivity index (χ2v) is 7.98. The van der Waals surface area contributed by atoms with E-state index in [4.69, 9.17) is 5.73 Å². The molecule has 1 aliphatic heterocycles. The van der Waals surface area contributed by atoms with Crippen LogP contribution in [0.3, 0.4) is 0 Å². The van der Waals surface area contributed by atoms with E-state index in [0.717, 1.165) is 31.9 Å². The summed E-state index contributed by atoms with van der Waals surface area (Å²) >= 11 is 0. The van der Waals surface area contributed by atoms with Crippen LogP contribution in [-0.2, 0) is 7.05 Å². The van der Waals surface area contributed by atoms with Crippen molar-refractivity contribution >= 4 is 38.9 Å². The van der Waals surface area contributed by atoms with Crippen LogP contribution in [0, 0.1) is 0 Å². The number of piperazine rings is 1. The molecule has 158 valence electrons. The monoisotopic (exact) mass is 416 g/mol. The van der Waals surface area contributed by atoms with Crippen molar-refractivity contribution in [1.29, 1.82) is 0 Å². The fourth-order valence-electron chi connectivity index (χ4n) is 4.53. The number of nitrogen functional groups attached to an aromatic ring is 1. The fourth-order valence-corrected chi connectivity index (χ4v) is 4.53. The van der Waals surface area contributed by atoms with E-state index < -0.39 is 0 Å². The molecule has 1 aromatic heterocycles. The molecule has 4 N–H and O–H groups in total. The number of aromatic nitrogens is 1. The third kappa shape index (κ3) is 3.09. The van der Waals surface area contributed by atoms with Gasteiger partial charge in [-0.15, -0.1) is 0 Å². The third-order valence-electron chi connectivity index (χ3n) is 6.16. The summed E-state index contributed by atoms with van der Waals surface area (Å²) < 4.78 is 1.81. The molecule has 31 heavy (non-hydrogen) atoms. The van der Waals surface area contributed by atoms with Gasteiger partial charge in [0.15, 0.2) is 0 Å². The molecular formula is C24H24N4O3. The zero-order valence-corrected chi connectivity index (χ0v) is 17.2. The van der Waals surface area contributed by atoms with E-state index in [1.165, 1.54) is 17.8 Å². The molecule has 0 aliphatic carbocycles. The molecule has 7 heteroatoms. The Kier molecular flexibility index (Phi) is 4.39. The van der Waals surface area contributed by atoms with Crippen LogP contribution in [0.15, 0.2) is 59.4 Å². The molecule has 0 atom stereocenters. The number of anilines is 3. The predicted molar refractivity (Wildman–Crippen MR) is 125 cm³/mol. The highest BCUT2D eigenvalue weighted by Crippen LogP contribution is 2.34. The summed E-state index contributed by atoms with van der Waals surface area (Å²) in [6.07, 6.45) is 0. The molecule has 1 saturated heterocycles. The Labute approximate surface area is 179 Å². The number of aryl methyl sites for hydroxylation is 1. The van der Waals surface area contributed by atoms with Crippen molar-refractivity contribution < 1.29 is 10.2 Å². The Hall–Kier alpha value is -3.87. The summed E-state index contributed by atoms with van der Waals surface area (Å²) in [5, 5.41) is 20.8. The predicted octanol–water partition coefficient (Wildman–Crippen LogP) is 3.01. The SMILES string of the molecule is Cn1c2cc(N3CCN(c4ccccc4)CC3)c(N)cc2c(=O)c2c(O)cc(O)cc21. The van der Waals surface area contributed by atoms with Crippen molar-refractivity contribution in [2.45, 2.75) is 0 Å². The van der Waals surface area contributed by atoms with E-state index in [0.29, 0.717) is 22.1 Å². The van der Waals surface area contributed by atoms with Crippen molar-refractivity contribution in [3.05, 3.63) is 64.8 Å². The van der Waals surface area contributed by atoms with Gasteiger partial charge in [-0.2, -0.15) is 0 Å². The maximum Gasteiger partial charge on any atom is 0.201 e. The lowest BCUT2D eigenvalue weighted by atomic mass is 10.1. The maximum absolute atomic E-state index is 13.1. The van der Waals surface area contributed by atoms with Crippen LogP contribution in [-0.4, -0.2) is 41.0 Å². The smallest absolute Gasteiger partial charge is 0.201 e. The van der Waals surface area contributed by atoms with Gasteiger partial charge in [-0.25, -0.2) is 0 Å². The average molecular weight is 416 g/mol. The highest BCUT2D eigenvalue weighted by atomic mass is 16.3. The average Bonchev–Trinajstić information content (AvgIpc) is 2.77. The number of nitrogens with zero attached hydrogens (tertiary/aromatic N) is 3. The van der Waals surface area contributed by atoms with E-state index in [2.05, 4.69) is 21.9 Å². The van der Waals surface area contributed by atoms with Gasteiger partial charge >= 0.3 is 0 Å². The van der Waals surface area contributed by atoms with Crippen molar-refractivity contribution in [3.8, 4) is 11.5 Å². The number of hydrogen-bond acceptors (Lipinski definition) is 6. The molecule has 0 bridgehead atoms. The van der Waals surface area contributed by atoms with Gasteiger partial charge in [0.2, 0.25) is 5.43 Å². The molecule has 0 amide bonds. The Morgan fingerprint density at radius 2 is 1.55 bits per heavy atom. The zero-order valence-electron chi connectivity index (χ0n) is 17.2. The van der Waals surface area contributed by atoms with E-state index in [1.54, 1.807) is 6.07 Å². The van der Waals surface area contributed by atoms with Gasteiger partial charge in [-0.3, -0.25) is 4.79 Å². The number of benzene rings is 3. The molecule has 0 unspecified atom stereocenters. The van der Waals surface area contributed by atoms with Crippen molar-refractivity contribution in [2.24, 2.45) is 7.05 Å². The molecular weight excluding hydrogens is 392 g/mol. The summed E-state index contributed by atoms with van der Waals surface area (Å²) in [5.41, 5.74) is 9.90. The number of fused-ring (bicyclic) bond motifs is 2. The van der Waals surface area contributed by atoms with E-state index in [1.807, 2.05) is 35.9 Å². The van der Waals surface area contributed by atoms with E-state index >= 15 is 0 Å². The Bertz CT molecular complexity index is 1360. The lowest BCUT2D eigenvalue weighted by Crippen LogP contribution is -2.46. The molecule has 1 fully saturated rings. The highest BCUT2D eigenvalue weighted by molar-refractivity contribution is 6.00. The highest BCUT2D eigenvalue weighted by Gasteiger charge is 2.21. The molecule has 3 aromatic carbocycles. The maximum atomic E-state index is 13.1. The minimum absolute atomic E-state index is 0.0907. The molecule has 4 aromatic rings. The molecule has 5 rings (SSSR count). The summed E-state index contributed by atoms with van der Waals surface area (Å²) in [6.45, 7) is 3.38. The minimum Gasteiger partial charge on any atom is -0.508 e. The van der Waals surface area contributed by atoms with Gasteiger partial charge < -0.3 is 30.3 Å². The van der Waals surface area contributed by atoms with Gasteiger partial charge in [0.05, 0.1) is 27.8 Å². The lowest BCUT2D eigenvalue weighted by molar-refractivity contribution is 0.454. The zero-order chi connectivity index (χ0) is 21.7. The van der Waals surface area contributed by atoms with Gasteiger partial charge in [-0.05, 0) is 24.3 Å². The quantitative estimate of drug-likeness (QED) is 0.344. The first kappa shape index (κ1) is 19.1. The largest absolute Gasteiger partial charge is 0.508 e. The first-order valence-electron chi connectivity index (χ1n) is 10.3. The van der Waals surface area contributed by atoms with Gasteiger partial charge in [-0.1, -0.05) is 18.2 Å². The number of nitrogens with two attached hydrogens (primary N) is 1. The number of hydrogen-bond donors (Lipinski definition) is 3. The van der Waals surface area contributed by atoms with Crippen LogP contribution >= 0.6 is 0 Å². The van der Waals surface area contributed by atoms with Crippen LogP contribution in [0.2, 0.25) is 0 Å². The number of aromatic hydroxyl groups is 2. The number of phenols is 2. The number of rotatable bonds is 2. The van der Waals surface area contributed by atoms with Crippen LogP contribution in [0.1, 0.15) is 0 Å². The first-order chi connectivity index (χ1) is 14.9. The standard InChI is InChI=1S/C24H24N4O3/c1-26-19-14-20(28-9-7-27(8-10-28)15-5-3-2-4-6-15)18(25)13-17(19)24(31)23-21(26)11-16(29)12-22(23)30/h2-6,11-14,29-30H,7-10,25H2,1H3. The second kappa shape index (κ2) is 7.12. The number of pyridine rings is 1. The Morgan fingerprint density at radius 3 is 2.26 bits per heavy atom. The fraction of sp³-hybridized carbons (Fsp3) is 0.208. The molecule has 0 saturated carbocycles. The topological polar surface area (TPSA) is 95.0 Å².